The fraction of sp³-hybridized carbons (Fsp3) is 0.750. The molecule has 1 spiro atoms. The van der Waals surface area contributed by atoms with Crippen molar-refractivity contribution >= 4 is 11.9 Å². The van der Waals surface area contributed by atoms with Gasteiger partial charge in [0.15, 0.2) is 0 Å². The van der Waals surface area contributed by atoms with Crippen LogP contribution >= 0.6 is 0 Å². The highest BCUT2D eigenvalue weighted by atomic mass is 16.3. The molecule has 4 fully saturated rings. The van der Waals surface area contributed by atoms with Crippen LogP contribution in [0.3, 0.4) is 0 Å². The number of nitrogens with zero attached hydrogens (tertiary/aromatic N) is 2. The number of hydrogen-bond donors (Lipinski definition) is 3. The van der Waals surface area contributed by atoms with Gasteiger partial charge in [-0.1, -0.05) is 17.7 Å². The second-order valence-electron chi connectivity index (χ2n) is 10.8. The van der Waals surface area contributed by atoms with E-state index in [0.29, 0.717) is 32.2 Å². The average Bonchev–Trinajstić information content (AvgIpc) is 3.51. The van der Waals surface area contributed by atoms with Crippen molar-refractivity contribution in [3.63, 3.8) is 0 Å². The highest BCUT2D eigenvalue weighted by Gasteiger charge is 2.71. The molecule has 2 heterocycles. The largest absolute Gasteiger partial charge is 0.389 e. The Hall–Kier alpha value is -1.70. The Morgan fingerprint density at radius 3 is 2.74 bits per heavy atom. The molecule has 6 rings (SSSR count). The van der Waals surface area contributed by atoms with Crippen LogP contribution in [0.5, 0.6) is 0 Å². The topological polar surface area (TPSA) is 93.1 Å². The van der Waals surface area contributed by atoms with E-state index in [-0.39, 0.29) is 18.0 Å². The van der Waals surface area contributed by atoms with Crippen LogP contribution in [0.15, 0.2) is 23.3 Å². The molecule has 1 unspecified atom stereocenters. The molecule has 4 aliphatic carbocycles. The van der Waals surface area contributed by atoms with Crippen molar-refractivity contribution in [2.45, 2.75) is 81.6 Å². The summed E-state index contributed by atoms with van der Waals surface area (Å²) in [5.41, 5.74) is -0.0477. The van der Waals surface area contributed by atoms with Gasteiger partial charge in [-0.25, -0.2) is 4.79 Å². The van der Waals surface area contributed by atoms with Gasteiger partial charge in [0.1, 0.15) is 5.54 Å². The van der Waals surface area contributed by atoms with E-state index in [1.807, 2.05) is 13.0 Å². The monoisotopic (exact) mass is 427 g/mol. The molecule has 0 aromatic carbocycles. The Labute approximate surface area is 183 Å². The minimum atomic E-state index is -0.930. The maximum absolute atomic E-state index is 13.2. The molecule has 0 aromatic heterocycles. The van der Waals surface area contributed by atoms with Crippen molar-refractivity contribution in [1.29, 1.82) is 0 Å². The molecule has 31 heavy (non-hydrogen) atoms. The predicted octanol–water partition coefficient (Wildman–Crippen LogP) is 1.70. The predicted molar refractivity (Wildman–Crippen MR) is 114 cm³/mol. The maximum atomic E-state index is 13.2. The van der Waals surface area contributed by atoms with E-state index in [2.05, 4.69) is 16.3 Å². The number of urea groups is 1. The van der Waals surface area contributed by atoms with Crippen molar-refractivity contribution in [3.05, 3.63) is 23.3 Å². The minimum Gasteiger partial charge on any atom is -0.389 e. The van der Waals surface area contributed by atoms with Crippen LogP contribution in [0.1, 0.15) is 58.3 Å². The zero-order valence-electron chi connectivity index (χ0n) is 18.3. The number of rotatable bonds is 3. The van der Waals surface area contributed by atoms with Gasteiger partial charge in [-0.05, 0) is 76.3 Å². The number of amides is 3. The first-order valence-electron chi connectivity index (χ1n) is 12.0. The lowest BCUT2D eigenvalue weighted by Gasteiger charge is -2.67. The number of aliphatic hydroxyl groups is 2. The van der Waals surface area contributed by atoms with Crippen molar-refractivity contribution in [2.75, 3.05) is 19.6 Å². The number of likely N-dealkylation sites (tertiary alicyclic amines) is 1. The fourth-order valence-corrected chi connectivity index (χ4v) is 7.73. The second kappa shape index (κ2) is 6.42. The number of likely N-dealkylation sites (N-methyl/N-ethyl adjacent to an activating group) is 1. The Morgan fingerprint density at radius 2 is 2.00 bits per heavy atom. The zero-order chi connectivity index (χ0) is 21.6. The third-order valence-electron chi connectivity index (χ3n) is 9.38. The number of imide groups is 1. The van der Waals surface area contributed by atoms with Gasteiger partial charge in [0.05, 0.1) is 11.7 Å². The minimum absolute atomic E-state index is 0.0353. The molecule has 3 N–H and O–H groups in total. The number of piperidine rings is 1. The summed E-state index contributed by atoms with van der Waals surface area (Å²) in [6.45, 7) is 4.33. The van der Waals surface area contributed by atoms with Gasteiger partial charge in [-0.15, -0.1) is 0 Å². The Bertz CT molecular complexity index is 911. The van der Waals surface area contributed by atoms with Gasteiger partial charge in [0.25, 0.3) is 5.91 Å². The highest BCUT2D eigenvalue weighted by Crippen LogP contribution is 2.65. The SMILES string of the molecule is CCN1C(=O)NC(=O)[C@@]12CC[C@@]1(O)[C@H]3CC4=C(CC(O)C=C4)[C@@]1(CCN3CC1CC1)C2. The van der Waals surface area contributed by atoms with Crippen LogP contribution in [-0.2, 0) is 4.79 Å². The van der Waals surface area contributed by atoms with Gasteiger partial charge in [-0.3, -0.25) is 15.0 Å². The number of allylic oxidation sites excluding steroid dienone is 1. The third kappa shape index (κ3) is 2.51. The molecule has 5 atom stereocenters. The molecule has 7 heteroatoms. The van der Waals surface area contributed by atoms with E-state index in [1.165, 1.54) is 18.4 Å². The summed E-state index contributed by atoms with van der Waals surface area (Å²) in [6.07, 6.45) is 9.46. The van der Waals surface area contributed by atoms with Crippen LogP contribution in [0.2, 0.25) is 0 Å². The summed E-state index contributed by atoms with van der Waals surface area (Å²) in [7, 11) is 0. The van der Waals surface area contributed by atoms with Gasteiger partial charge >= 0.3 is 6.03 Å². The molecule has 168 valence electrons. The molecule has 2 aliphatic heterocycles. The summed E-state index contributed by atoms with van der Waals surface area (Å²) in [6, 6.07) is -0.279. The first kappa shape index (κ1) is 19.9. The third-order valence-corrected chi connectivity index (χ3v) is 9.38. The van der Waals surface area contributed by atoms with Crippen LogP contribution in [0, 0.1) is 11.3 Å². The molecule has 2 saturated carbocycles. The summed E-state index contributed by atoms with van der Waals surface area (Å²) in [4.78, 5) is 29.9. The Kier molecular flexibility index (Phi) is 4.13. The lowest BCUT2D eigenvalue weighted by Crippen LogP contribution is -2.74. The molecule has 0 radical (unpaired) electrons. The molecular formula is C24H33N3O4. The molecule has 6 aliphatic rings. The second-order valence-corrected chi connectivity index (χ2v) is 10.8. The van der Waals surface area contributed by atoms with Gasteiger partial charge < -0.3 is 15.1 Å². The van der Waals surface area contributed by atoms with Crippen molar-refractivity contribution in [1.82, 2.24) is 15.1 Å². The first-order valence-corrected chi connectivity index (χ1v) is 12.0. The van der Waals surface area contributed by atoms with Gasteiger partial charge in [-0.2, -0.15) is 0 Å². The van der Waals surface area contributed by atoms with Crippen molar-refractivity contribution < 1.29 is 19.8 Å². The molecule has 3 amide bonds. The lowest BCUT2D eigenvalue weighted by atomic mass is 9.45. The van der Waals surface area contributed by atoms with E-state index in [9.17, 15) is 19.8 Å². The smallest absolute Gasteiger partial charge is 0.325 e. The first-order chi connectivity index (χ1) is 14.8. The number of hydrogen-bond acceptors (Lipinski definition) is 5. The van der Waals surface area contributed by atoms with Crippen molar-refractivity contribution in [3.8, 4) is 0 Å². The molecule has 0 aromatic rings. The van der Waals surface area contributed by atoms with Gasteiger partial charge in [0.2, 0.25) is 0 Å². The van der Waals surface area contributed by atoms with Crippen molar-refractivity contribution in [2.24, 2.45) is 11.3 Å². The molecule has 2 saturated heterocycles. The van der Waals surface area contributed by atoms with Crippen LogP contribution < -0.4 is 5.32 Å². The fourth-order valence-electron chi connectivity index (χ4n) is 7.73. The highest BCUT2D eigenvalue weighted by molar-refractivity contribution is 6.07. The number of aliphatic hydroxyl groups excluding tert-OH is 1. The van der Waals surface area contributed by atoms with E-state index < -0.39 is 22.7 Å². The summed E-state index contributed by atoms with van der Waals surface area (Å²) >= 11 is 0. The van der Waals surface area contributed by atoms with Crippen LogP contribution in [0.25, 0.3) is 0 Å². The van der Waals surface area contributed by atoms with Crippen LogP contribution in [0.4, 0.5) is 4.79 Å². The summed E-state index contributed by atoms with van der Waals surface area (Å²) in [5, 5.41) is 25.5. The van der Waals surface area contributed by atoms with E-state index >= 15 is 0 Å². The molecule has 7 nitrogen and oxygen atoms in total. The lowest BCUT2D eigenvalue weighted by molar-refractivity contribution is -0.207. The Balaban J connectivity index is 1.48. The Morgan fingerprint density at radius 1 is 1.19 bits per heavy atom. The summed E-state index contributed by atoms with van der Waals surface area (Å²) < 4.78 is 0. The number of nitrogens with one attached hydrogen (secondary N) is 1. The van der Waals surface area contributed by atoms with Crippen LogP contribution in [-0.4, -0.2) is 74.9 Å². The standard InChI is InChI=1S/C24H33N3O4/c1-2-27-21(30)25-20(29)23(27)7-8-24(31)19-11-16-5-6-17(28)12-18(16)22(24,14-23)9-10-26(19)13-15-3-4-15/h5-6,15,17,19,28,31H,2-4,7-14H2,1H3,(H,25,29,30)/t17?,19-,22-,23+,24-/m1/s1. The quantitative estimate of drug-likeness (QED) is 0.596. The average molecular weight is 428 g/mol. The molecular weight excluding hydrogens is 394 g/mol. The number of carbonyl (C=O) groups excluding carboxylic acids is 2. The van der Waals surface area contributed by atoms with E-state index in [1.54, 1.807) is 4.90 Å². The number of carbonyl (C=O) groups is 2. The van der Waals surface area contributed by atoms with Gasteiger partial charge in [0, 0.05) is 24.5 Å². The summed E-state index contributed by atoms with van der Waals surface area (Å²) in [5.74, 6) is 0.534. The zero-order valence-corrected chi connectivity index (χ0v) is 18.3. The molecule has 2 bridgehead atoms. The van der Waals surface area contributed by atoms with E-state index in [0.717, 1.165) is 37.4 Å². The normalized spacial score (nSPS) is 44.5. The van der Waals surface area contributed by atoms with E-state index in [4.69, 9.17) is 0 Å². The maximum Gasteiger partial charge on any atom is 0.325 e.